The molecule has 2 aromatic carbocycles. The number of esters is 1. The van der Waals surface area contributed by atoms with Crippen molar-refractivity contribution in [1.82, 2.24) is 4.90 Å². The summed E-state index contributed by atoms with van der Waals surface area (Å²) in [6, 6.07) is 12.3. The number of carbonyl (C=O) groups excluding carboxylic acids is 4. The quantitative estimate of drug-likeness (QED) is 0.397. The molecule has 1 saturated heterocycles. The molecule has 0 atom stereocenters. The molecule has 172 valence electrons. The first kappa shape index (κ1) is 24.5. The monoisotopic (exact) mass is 532 g/mol. The number of rotatable bonds is 8. The lowest BCUT2D eigenvalue weighted by molar-refractivity contribution is -0.145. The summed E-state index contributed by atoms with van der Waals surface area (Å²) in [7, 11) is 0. The summed E-state index contributed by atoms with van der Waals surface area (Å²) in [5.41, 5.74) is 2.04. The van der Waals surface area contributed by atoms with Crippen LogP contribution in [0.4, 0.5) is 10.5 Å². The van der Waals surface area contributed by atoms with Gasteiger partial charge in [0, 0.05) is 15.7 Å². The van der Waals surface area contributed by atoms with Crippen molar-refractivity contribution in [3.05, 3.63) is 63.0 Å². The van der Waals surface area contributed by atoms with Crippen LogP contribution in [0, 0.1) is 6.92 Å². The average molecular weight is 533 g/mol. The first-order chi connectivity index (χ1) is 15.8. The van der Waals surface area contributed by atoms with Gasteiger partial charge >= 0.3 is 5.97 Å². The number of amides is 3. The molecule has 1 aliphatic rings. The molecule has 3 amide bonds. The SMILES string of the molecule is CCOC(=O)COc1ccc(Br)cc1/C=C1\SC(=O)N(CC(=O)Nc2cccc(C)c2)C1=O. The minimum absolute atomic E-state index is 0.141. The highest BCUT2D eigenvalue weighted by atomic mass is 79.9. The molecule has 8 nitrogen and oxygen atoms in total. The maximum absolute atomic E-state index is 12.8. The first-order valence-corrected chi connectivity index (χ1v) is 11.6. The van der Waals surface area contributed by atoms with E-state index >= 15 is 0 Å². The van der Waals surface area contributed by atoms with Gasteiger partial charge in [0.1, 0.15) is 12.3 Å². The normalized spacial score (nSPS) is 14.5. The third-order valence-electron chi connectivity index (χ3n) is 4.39. The van der Waals surface area contributed by atoms with Crippen LogP contribution in [-0.2, 0) is 19.1 Å². The van der Waals surface area contributed by atoms with Crippen molar-refractivity contribution in [2.24, 2.45) is 0 Å². The molecule has 1 fully saturated rings. The molecule has 33 heavy (non-hydrogen) atoms. The second-order valence-electron chi connectivity index (χ2n) is 6.96. The third-order valence-corrected chi connectivity index (χ3v) is 5.79. The number of imide groups is 1. The number of nitrogens with one attached hydrogen (secondary N) is 1. The van der Waals surface area contributed by atoms with Gasteiger partial charge in [-0.3, -0.25) is 19.3 Å². The van der Waals surface area contributed by atoms with Crippen LogP contribution in [0.3, 0.4) is 0 Å². The molecule has 0 radical (unpaired) electrons. The summed E-state index contributed by atoms with van der Waals surface area (Å²) in [6.45, 7) is 3.13. The lowest BCUT2D eigenvalue weighted by Gasteiger charge is -2.13. The van der Waals surface area contributed by atoms with Crippen molar-refractivity contribution in [2.45, 2.75) is 13.8 Å². The Morgan fingerprint density at radius 2 is 1.97 bits per heavy atom. The fourth-order valence-electron chi connectivity index (χ4n) is 2.95. The summed E-state index contributed by atoms with van der Waals surface area (Å²) in [6.07, 6.45) is 1.49. The Kier molecular flexibility index (Phi) is 8.29. The molecular formula is C23H21BrN2O6S. The molecule has 10 heteroatoms. The second kappa shape index (κ2) is 11.2. The molecule has 1 heterocycles. The van der Waals surface area contributed by atoms with Crippen LogP contribution in [-0.4, -0.2) is 47.7 Å². The van der Waals surface area contributed by atoms with Crippen LogP contribution in [0.1, 0.15) is 18.1 Å². The lowest BCUT2D eigenvalue weighted by atomic mass is 10.2. The molecule has 0 aromatic heterocycles. The second-order valence-corrected chi connectivity index (χ2v) is 8.87. The van der Waals surface area contributed by atoms with E-state index in [1.807, 2.05) is 13.0 Å². The molecule has 0 bridgehead atoms. The van der Waals surface area contributed by atoms with E-state index in [9.17, 15) is 19.2 Å². The number of anilines is 1. The summed E-state index contributed by atoms with van der Waals surface area (Å²) in [5, 5.41) is 2.14. The van der Waals surface area contributed by atoms with Crippen LogP contribution in [0.5, 0.6) is 5.75 Å². The number of ether oxygens (including phenoxy) is 2. The predicted molar refractivity (Wildman–Crippen MR) is 129 cm³/mol. The molecule has 0 spiro atoms. The van der Waals surface area contributed by atoms with Crippen molar-refractivity contribution in [3.63, 3.8) is 0 Å². The zero-order valence-electron chi connectivity index (χ0n) is 17.9. The molecule has 0 unspecified atom stereocenters. The summed E-state index contributed by atoms with van der Waals surface area (Å²) < 4.78 is 11.1. The van der Waals surface area contributed by atoms with Crippen LogP contribution >= 0.6 is 27.7 Å². The number of thioether (sulfide) groups is 1. The number of nitrogens with zero attached hydrogens (tertiary/aromatic N) is 1. The van der Waals surface area contributed by atoms with Crippen molar-refractivity contribution < 1.29 is 28.7 Å². The van der Waals surface area contributed by atoms with Crippen molar-refractivity contribution in [2.75, 3.05) is 25.1 Å². The van der Waals surface area contributed by atoms with Gasteiger partial charge in [-0.05, 0) is 67.6 Å². The van der Waals surface area contributed by atoms with Crippen molar-refractivity contribution >= 4 is 62.5 Å². The molecular weight excluding hydrogens is 512 g/mol. The van der Waals surface area contributed by atoms with Gasteiger partial charge in [0.05, 0.1) is 11.5 Å². The number of aryl methyl sites for hydroxylation is 1. The van der Waals surface area contributed by atoms with Gasteiger partial charge in [0.2, 0.25) is 5.91 Å². The predicted octanol–water partition coefficient (Wildman–Crippen LogP) is 4.37. The smallest absolute Gasteiger partial charge is 0.344 e. The van der Waals surface area contributed by atoms with E-state index in [0.717, 1.165) is 22.2 Å². The summed E-state index contributed by atoms with van der Waals surface area (Å²) in [5.74, 6) is -1.24. The van der Waals surface area contributed by atoms with Crippen molar-refractivity contribution in [3.8, 4) is 5.75 Å². The number of hydrogen-bond acceptors (Lipinski definition) is 7. The van der Waals surface area contributed by atoms with E-state index in [1.165, 1.54) is 6.08 Å². The van der Waals surface area contributed by atoms with Gasteiger partial charge in [0.15, 0.2) is 6.61 Å². The van der Waals surface area contributed by atoms with Gasteiger partial charge in [-0.2, -0.15) is 0 Å². The zero-order valence-corrected chi connectivity index (χ0v) is 20.3. The standard InChI is InChI=1S/C23H21BrN2O6S/c1-3-31-21(28)13-32-18-8-7-16(24)10-15(18)11-19-22(29)26(23(30)33-19)12-20(27)25-17-6-4-5-14(2)9-17/h4-11H,3,12-13H2,1-2H3,(H,25,27)/b19-11-. The van der Waals surface area contributed by atoms with E-state index in [4.69, 9.17) is 9.47 Å². The Morgan fingerprint density at radius 3 is 2.70 bits per heavy atom. The Morgan fingerprint density at radius 1 is 1.18 bits per heavy atom. The highest BCUT2D eigenvalue weighted by Gasteiger charge is 2.36. The van der Waals surface area contributed by atoms with E-state index < -0.39 is 29.6 Å². The van der Waals surface area contributed by atoms with E-state index in [2.05, 4.69) is 21.2 Å². The average Bonchev–Trinajstić information content (AvgIpc) is 3.00. The molecule has 1 aliphatic heterocycles. The molecule has 1 N–H and O–H groups in total. The fourth-order valence-corrected chi connectivity index (χ4v) is 4.16. The van der Waals surface area contributed by atoms with Crippen LogP contribution < -0.4 is 10.1 Å². The lowest BCUT2D eigenvalue weighted by Crippen LogP contribution is -2.36. The number of carbonyl (C=O) groups is 4. The van der Waals surface area contributed by atoms with E-state index in [1.54, 1.807) is 43.3 Å². The summed E-state index contributed by atoms with van der Waals surface area (Å²) in [4.78, 5) is 50.3. The Bertz CT molecular complexity index is 1130. The van der Waals surface area contributed by atoms with Crippen LogP contribution in [0.25, 0.3) is 6.08 Å². The number of hydrogen-bond donors (Lipinski definition) is 1. The largest absolute Gasteiger partial charge is 0.481 e. The van der Waals surface area contributed by atoms with Crippen LogP contribution in [0.2, 0.25) is 0 Å². The zero-order chi connectivity index (χ0) is 24.0. The minimum atomic E-state index is -0.583. The number of benzene rings is 2. The van der Waals surface area contributed by atoms with Gasteiger partial charge in [0.25, 0.3) is 11.1 Å². The van der Waals surface area contributed by atoms with Gasteiger partial charge in [-0.1, -0.05) is 28.1 Å². The third kappa shape index (κ3) is 6.69. The van der Waals surface area contributed by atoms with E-state index in [0.29, 0.717) is 21.5 Å². The topological polar surface area (TPSA) is 102 Å². The fraction of sp³-hybridized carbons (Fsp3) is 0.217. The highest BCUT2D eigenvalue weighted by molar-refractivity contribution is 9.10. The Labute approximate surface area is 203 Å². The van der Waals surface area contributed by atoms with Gasteiger partial charge in [-0.15, -0.1) is 0 Å². The van der Waals surface area contributed by atoms with Gasteiger partial charge < -0.3 is 14.8 Å². The minimum Gasteiger partial charge on any atom is -0.481 e. The molecule has 3 rings (SSSR count). The Hall–Kier alpha value is -3.11. The molecule has 0 saturated carbocycles. The maximum atomic E-state index is 12.8. The van der Waals surface area contributed by atoms with Crippen molar-refractivity contribution in [1.29, 1.82) is 0 Å². The summed E-state index contributed by atoms with van der Waals surface area (Å²) >= 11 is 4.09. The number of halogens is 1. The maximum Gasteiger partial charge on any atom is 0.344 e. The first-order valence-electron chi connectivity index (χ1n) is 9.96. The molecule has 2 aromatic rings. The molecule has 0 aliphatic carbocycles. The highest BCUT2D eigenvalue weighted by Crippen LogP contribution is 2.34. The van der Waals surface area contributed by atoms with Gasteiger partial charge in [-0.25, -0.2) is 4.79 Å². The van der Waals surface area contributed by atoms with E-state index in [-0.39, 0.29) is 18.1 Å². The van der Waals surface area contributed by atoms with Crippen LogP contribution in [0.15, 0.2) is 51.8 Å². The Balaban J connectivity index is 1.73.